The summed E-state index contributed by atoms with van der Waals surface area (Å²) < 4.78 is 1.87. The summed E-state index contributed by atoms with van der Waals surface area (Å²) in [5.74, 6) is 0.296. The fourth-order valence-electron chi connectivity index (χ4n) is 4.30. The highest BCUT2D eigenvalue weighted by molar-refractivity contribution is 8.00. The van der Waals surface area contributed by atoms with E-state index in [1.807, 2.05) is 24.3 Å². The van der Waals surface area contributed by atoms with E-state index in [9.17, 15) is 9.59 Å². The number of imide groups is 1. The van der Waals surface area contributed by atoms with Crippen LogP contribution in [0.2, 0.25) is 10.0 Å². The molecule has 2 aromatic carbocycles. The monoisotopic (exact) mass is 476 g/mol. The number of thioether (sulfide) groups is 1. The normalized spacial score (nSPS) is 21.5. The van der Waals surface area contributed by atoms with Crippen molar-refractivity contribution in [2.75, 3.05) is 4.90 Å². The first-order chi connectivity index (χ1) is 14.5. The van der Waals surface area contributed by atoms with Gasteiger partial charge in [-0.2, -0.15) is 0 Å². The van der Waals surface area contributed by atoms with Crippen molar-refractivity contribution in [2.24, 2.45) is 11.8 Å². The summed E-state index contributed by atoms with van der Waals surface area (Å²) in [5, 5.41) is 1.34. The maximum absolute atomic E-state index is 12.9. The fourth-order valence-corrected chi connectivity index (χ4v) is 6.85. The van der Waals surface area contributed by atoms with Crippen LogP contribution in [0.4, 0.5) is 5.69 Å². The van der Waals surface area contributed by atoms with Gasteiger partial charge in [0.25, 0.3) is 0 Å². The van der Waals surface area contributed by atoms with Crippen LogP contribution in [0, 0.1) is 11.8 Å². The minimum atomic E-state index is -0.142. The van der Waals surface area contributed by atoms with Gasteiger partial charge >= 0.3 is 0 Å². The Morgan fingerprint density at radius 1 is 1.03 bits per heavy atom. The van der Waals surface area contributed by atoms with E-state index in [0.29, 0.717) is 21.5 Å². The number of benzene rings is 2. The van der Waals surface area contributed by atoms with Gasteiger partial charge in [0.2, 0.25) is 11.8 Å². The molecule has 154 valence electrons. The van der Waals surface area contributed by atoms with Gasteiger partial charge in [0, 0.05) is 15.8 Å². The maximum atomic E-state index is 12.9. The Morgan fingerprint density at radius 3 is 2.50 bits per heavy atom. The van der Waals surface area contributed by atoms with E-state index < -0.39 is 0 Å². The highest BCUT2D eigenvalue weighted by Crippen LogP contribution is 2.41. The highest BCUT2D eigenvalue weighted by atomic mass is 35.5. The lowest BCUT2D eigenvalue weighted by molar-refractivity contribution is -0.122. The zero-order valence-electron chi connectivity index (χ0n) is 15.9. The van der Waals surface area contributed by atoms with Crippen LogP contribution in [0.25, 0.3) is 10.2 Å². The van der Waals surface area contributed by atoms with E-state index in [0.717, 1.165) is 45.8 Å². The number of thiazole rings is 1. The number of aromatic nitrogens is 1. The number of carbonyl (C=O) groups is 2. The molecule has 1 aliphatic heterocycles. The molecular weight excluding hydrogens is 459 g/mol. The van der Waals surface area contributed by atoms with Gasteiger partial charge in [0.15, 0.2) is 4.34 Å². The Balaban J connectivity index is 1.38. The molecule has 0 N–H and O–H groups in total. The van der Waals surface area contributed by atoms with Crippen molar-refractivity contribution in [3.05, 3.63) is 52.0 Å². The second kappa shape index (κ2) is 8.15. The first kappa shape index (κ1) is 20.3. The van der Waals surface area contributed by atoms with Crippen LogP contribution in [0.5, 0.6) is 0 Å². The molecule has 1 aromatic heterocycles. The van der Waals surface area contributed by atoms with Crippen LogP contribution < -0.4 is 4.90 Å². The van der Waals surface area contributed by atoms with Gasteiger partial charge in [-0.05, 0) is 54.8 Å². The van der Waals surface area contributed by atoms with Crippen molar-refractivity contribution in [3.8, 4) is 0 Å². The molecule has 2 aliphatic rings. The number of hydrogen-bond acceptors (Lipinski definition) is 5. The van der Waals surface area contributed by atoms with Crippen LogP contribution in [0.1, 0.15) is 31.2 Å². The van der Waals surface area contributed by atoms with Gasteiger partial charge in [-0.15, -0.1) is 11.3 Å². The molecular formula is C22H18Cl2N2O2S2. The number of nitrogens with zero attached hydrogens (tertiary/aromatic N) is 2. The van der Waals surface area contributed by atoms with Crippen molar-refractivity contribution in [1.82, 2.24) is 4.98 Å². The standard InChI is InChI=1S/C22H18Cl2N2O2S2/c23-13-5-7-17(24)12(9-13)11-29-22-25-18-8-6-14(10-19(18)30-22)26-20(27)15-3-1-2-4-16(15)21(26)28/h5-10,15-16H,1-4,11H2/t15-,16-/m1/s1. The summed E-state index contributed by atoms with van der Waals surface area (Å²) >= 11 is 15.5. The number of anilines is 1. The van der Waals surface area contributed by atoms with Gasteiger partial charge in [0.05, 0.1) is 27.7 Å². The average molecular weight is 477 g/mol. The Labute approximate surface area is 192 Å². The molecule has 2 atom stereocenters. The Hall–Kier alpha value is -1.60. The van der Waals surface area contributed by atoms with Crippen LogP contribution >= 0.6 is 46.3 Å². The summed E-state index contributed by atoms with van der Waals surface area (Å²) in [5.41, 5.74) is 2.48. The molecule has 0 unspecified atom stereocenters. The zero-order valence-corrected chi connectivity index (χ0v) is 19.1. The van der Waals surface area contributed by atoms with Gasteiger partial charge in [-0.25, -0.2) is 4.98 Å². The van der Waals surface area contributed by atoms with Crippen molar-refractivity contribution in [3.63, 3.8) is 0 Å². The lowest BCUT2D eigenvalue weighted by Crippen LogP contribution is -2.30. The fraction of sp³-hybridized carbons (Fsp3) is 0.318. The number of amides is 2. The number of hydrogen-bond donors (Lipinski definition) is 0. The van der Waals surface area contributed by atoms with E-state index in [1.165, 1.54) is 4.90 Å². The number of fused-ring (bicyclic) bond motifs is 2. The van der Waals surface area contributed by atoms with E-state index in [2.05, 4.69) is 4.98 Å². The van der Waals surface area contributed by atoms with E-state index >= 15 is 0 Å². The quantitative estimate of drug-likeness (QED) is 0.315. The van der Waals surface area contributed by atoms with Crippen LogP contribution in [0.15, 0.2) is 40.7 Å². The zero-order chi connectivity index (χ0) is 20.8. The largest absolute Gasteiger partial charge is 0.274 e. The second-order valence-corrected chi connectivity index (χ2v) is 10.8. The van der Waals surface area contributed by atoms with Gasteiger partial charge in [-0.3, -0.25) is 14.5 Å². The SMILES string of the molecule is O=C1[C@@H]2CCCC[C@H]2C(=O)N1c1ccc2nc(SCc3cc(Cl)ccc3Cl)sc2c1. The van der Waals surface area contributed by atoms with E-state index in [-0.39, 0.29) is 23.7 Å². The minimum Gasteiger partial charge on any atom is -0.274 e. The topological polar surface area (TPSA) is 50.3 Å². The lowest BCUT2D eigenvalue weighted by atomic mass is 9.81. The molecule has 0 spiro atoms. The van der Waals surface area contributed by atoms with Gasteiger partial charge in [0.1, 0.15) is 0 Å². The Kier molecular flexibility index (Phi) is 5.52. The predicted octanol–water partition coefficient (Wildman–Crippen LogP) is 6.58. The van der Waals surface area contributed by atoms with Gasteiger partial charge < -0.3 is 0 Å². The third-order valence-corrected chi connectivity index (χ3v) is 8.62. The summed E-state index contributed by atoms with van der Waals surface area (Å²) in [4.78, 5) is 31.8. The second-order valence-electron chi connectivity index (χ2n) is 7.67. The molecule has 8 heteroatoms. The Bertz CT molecular complexity index is 1140. The summed E-state index contributed by atoms with van der Waals surface area (Å²) in [6.45, 7) is 0. The molecule has 3 aromatic rings. The molecule has 4 nitrogen and oxygen atoms in total. The van der Waals surface area contributed by atoms with Crippen molar-refractivity contribution in [2.45, 2.75) is 35.8 Å². The Morgan fingerprint density at radius 2 is 1.77 bits per heavy atom. The van der Waals surface area contributed by atoms with E-state index in [1.54, 1.807) is 35.2 Å². The van der Waals surface area contributed by atoms with Crippen LogP contribution in [-0.2, 0) is 15.3 Å². The molecule has 30 heavy (non-hydrogen) atoms. The first-order valence-corrected chi connectivity index (χ1v) is 12.4. The van der Waals surface area contributed by atoms with Crippen LogP contribution in [0.3, 0.4) is 0 Å². The van der Waals surface area contributed by atoms with Crippen molar-refractivity contribution in [1.29, 1.82) is 0 Å². The minimum absolute atomic E-state index is 0.0428. The number of carbonyl (C=O) groups excluding carboxylic acids is 2. The summed E-state index contributed by atoms with van der Waals surface area (Å²) in [6, 6.07) is 11.1. The van der Waals surface area contributed by atoms with Crippen molar-refractivity contribution < 1.29 is 9.59 Å². The lowest BCUT2D eigenvalue weighted by Gasteiger charge is -2.19. The number of halogens is 2. The molecule has 2 heterocycles. The van der Waals surface area contributed by atoms with Gasteiger partial charge in [-0.1, -0.05) is 47.8 Å². The van der Waals surface area contributed by atoms with E-state index in [4.69, 9.17) is 23.2 Å². The third kappa shape index (κ3) is 3.64. The number of rotatable bonds is 4. The molecule has 5 rings (SSSR count). The maximum Gasteiger partial charge on any atom is 0.237 e. The highest BCUT2D eigenvalue weighted by Gasteiger charge is 2.48. The smallest absolute Gasteiger partial charge is 0.237 e. The molecule has 0 bridgehead atoms. The molecule has 2 amide bonds. The summed E-state index contributed by atoms with van der Waals surface area (Å²) in [6.07, 6.45) is 3.70. The molecule has 1 aliphatic carbocycles. The molecule has 1 saturated heterocycles. The van der Waals surface area contributed by atoms with Crippen molar-refractivity contribution >= 4 is 74.0 Å². The average Bonchev–Trinajstić information content (AvgIpc) is 3.27. The molecule has 2 fully saturated rings. The predicted molar refractivity (Wildman–Crippen MR) is 124 cm³/mol. The molecule has 0 radical (unpaired) electrons. The summed E-state index contributed by atoms with van der Waals surface area (Å²) in [7, 11) is 0. The van der Waals surface area contributed by atoms with Crippen LogP contribution in [-0.4, -0.2) is 16.8 Å². The molecule has 1 saturated carbocycles. The first-order valence-electron chi connectivity index (χ1n) is 9.86. The third-order valence-electron chi connectivity index (χ3n) is 5.81.